The maximum absolute atomic E-state index is 8.25. The minimum absolute atomic E-state index is 0.464. The third kappa shape index (κ3) is 2.14. The van der Waals surface area contributed by atoms with Crippen LogP contribution in [0.3, 0.4) is 0 Å². The van der Waals surface area contributed by atoms with Crippen LogP contribution in [-0.4, -0.2) is 0 Å². The SMILES string of the molecule is CCc1cc(N)c(N=[N+]=[N-])cc1Br. The van der Waals surface area contributed by atoms with Gasteiger partial charge in [-0.3, -0.25) is 0 Å². The molecule has 0 aliphatic rings. The molecule has 0 aliphatic heterocycles. The Labute approximate surface area is 84.5 Å². The van der Waals surface area contributed by atoms with E-state index in [1.165, 1.54) is 0 Å². The molecule has 0 fully saturated rings. The van der Waals surface area contributed by atoms with Crippen molar-refractivity contribution in [3.05, 3.63) is 32.6 Å². The third-order valence-electron chi connectivity index (χ3n) is 1.73. The van der Waals surface area contributed by atoms with E-state index in [0.29, 0.717) is 11.4 Å². The van der Waals surface area contributed by atoms with Gasteiger partial charge in [-0.15, -0.1) is 0 Å². The van der Waals surface area contributed by atoms with Crippen LogP contribution in [0.1, 0.15) is 12.5 Å². The Morgan fingerprint density at radius 3 is 2.85 bits per heavy atom. The molecule has 0 saturated heterocycles. The Kier molecular flexibility index (Phi) is 3.17. The summed E-state index contributed by atoms with van der Waals surface area (Å²) in [5.41, 5.74) is 16.0. The molecule has 1 rings (SSSR count). The maximum Gasteiger partial charge on any atom is 0.0616 e. The van der Waals surface area contributed by atoms with Crippen molar-refractivity contribution in [3.63, 3.8) is 0 Å². The molecular formula is C8H9BrN4. The number of anilines is 1. The molecule has 0 unspecified atom stereocenters. The van der Waals surface area contributed by atoms with Gasteiger partial charge in [-0.1, -0.05) is 28.0 Å². The lowest BCUT2D eigenvalue weighted by atomic mass is 10.1. The first kappa shape index (κ1) is 9.89. The van der Waals surface area contributed by atoms with Crippen molar-refractivity contribution >= 4 is 27.3 Å². The van der Waals surface area contributed by atoms with Crippen molar-refractivity contribution in [3.8, 4) is 0 Å². The number of hydrogen-bond acceptors (Lipinski definition) is 2. The summed E-state index contributed by atoms with van der Waals surface area (Å²) in [6.07, 6.45) is 0.890. The summed E-state index contributed by atoms with van der Waals surface area (Å²) >= 11 is 3.37. The molecule has 1 aromatic rings. The van der Waals surface area contributed by atoms with Crippen molar-refractivity contribution in [2.24, 2.45) is 5.11 Å². The fourth-order valence-electron chi connectivity index (χ4n) is 1.03. The topological polar surface area (TPSA) is 74.8 Å². The number of benzene rings is 1. The van der Waals surface area contributed by atoms with Crippen LogP contribution >= 0.6 is 15.9 Å². The fraction of sp³-hybridized carbons (Fsp3) is 0.250. The van der Waals surface area contributed by atoms with Crippen molar-refractivity contribution in [2.45, 2.75) is 13.3 Å². The number of hydrogen-bond donors (Lipinski definition) is 1. The second kappa shape index (κ2) is 4.16. The van der Waals surface area contributed by atoms with E-state index in [1.54, 1.807) is 6.07 Å². The Morgan fingerprint density at radius 2 is 2.31 bits per heavy atom. The molecular weight excluding hydrogens is 232 g/mol. The zero-order valence-electron chi connectivity index (χ0n) is 7.16. The minimum atomic E-state index is 0.464. The average Bonchev–Trinajstić information content (AvgIpc) is 2.11. The maximum atomic E-state index is 8.25. The molecule has 0 aromatic heterocycles. The number of nitrogens with zero attached hydrogens (tertiary/aromatic N) is 3. The number of nitrogen functional groups attached to an aromatic ring is 1. The van der Waals surface area contributed by atoms with E-state index in [-0.39, 0.29) is 0 Å². The van der Waals surface area contributed by atoms with Gasteiger partial charge in [-0.25, -0.2) is 0 Å². The number of halogens is 1. The van der Waals surface area contributed by atoms with Gasteiger partial charge in [0.05, 0.1) is 5.69 Å². The van der Waals surface area contributed by atoms with E-state index >= 15 is 0 Å². The zero-order chi connectivity index (χ0) is 9.84. The van der Waals surface area contributed by atoms with Crippen LogP contribution in [-0.2, 0) is 6.42 Å². The summed E-state index contributed by atoms with van der Waals surface area (Å²) in [6.45, 7) is 2.03. The standard InChI is InChI=1S/C8H9BrN4/c1-2-5-3-7(10)8(12-13-11)4-6(5)9/h3-4H,2,10H2,1H3. The van der Waals surface area contributed by atoms with E-state index in [0.717, 1.165) is 16.5 Å². The van der Waals surface area contributed by atoms with Gasteiger partial charge in [-0.2, -0.15) is 0 Å². The Hall–Kier alpha value is -1.19. The lowest BCUT2D eigenvalue weighted by Crippen LogP contribution is -1.89. The molecule has 2 N–H and O–H groups in total. The van der Waals surface area contributed by atoms with Crippen LogP contribution in [0.2, 0.25) is 0 Å². The van der Waals surface area contributed by atoms with E-state index in [4.69, 9.17) is 11.3 Å². The summed E-state index contributed by atoms with van der Waals surface area (Å²) in [5.74, 6) is 0. The molecule has 0 heterocycles. The van der Waals surface area contributed by atoms with Crippen LogP contribution in [0.4, 0.5) is 11.4 Å². The molecule has 4 nitrogen and oxygen atoms in total. The largest absolute Gasteiger partial charge is 0.398 e. The Morgan fingerprint density at radius 1 is 1.62 bits per heavy atom. The van der Waals surface area contributed by atoms with Gasteiger partial charge >= 0.3 is 0 Å². The van der Waals surface area contributed by atoms with Gasteiger partial charge < -0.3 is 5.73 Å². The number of nitrogens with two attached hydrogens (primary N) is 1. The predicted molar refractivity (Wildman–Crippen MR) is 56.7 cm³/mol. The van der Waals surface area contributed by atoms with E-state index in [1.807, 2.05) is 13.0 Å². The molecule has 68 valence electrons. The van der Waals surface area contributed by atoms with Gasteiger partial charge in [0, 0.05) is 15.1 Å². The van der Waals surface area contributed by atoms with Gasteiger partial charge in [0.1, 0.15) is 0 Å². The molecule has 0 atom stereocenters. The second-order valence-electron chi connectivity index (χ2n) is 2.55. The second-order valence-corrected chi connectivity index (χ2v) is 3.40. The number of azide groups is 1. The third-order valence-corrected chi connectivity index (χ3v) is 2.47. The summed E-state index contributed by atoms with van der Waals surface area (Å²) in [7, 11) is 0. The van der Waals surface area contributed by atoms with Crippen LogP contribution < -0.4 is 5.73 Å². The van der Waals surface area contributed by atoms with Gasteiger partial charge in [0.15, 0.2) is 0 Å². The highest BCUT2D eigenvalue weighted by Crippen LogP contribution is 2.30. The molecule has 13 heavy (non-hydrogen) atoms. The van der Waals surface area contributed by atoms with Crippen LogP contribution in [0.5, 0.6) is 0 Å². The van der Waals surface area contributed by atoms with Crippen LogP contribution in [0, 0.1) is 0 Å². The highest BCUT2D eigenvalue weighted by Gasteiger charge is 2.02. The van der Waals surface area contributed by atoms with E-state index < -0.39 is 0 Å². The van der Waals surface area contributed by atoms with Crippen molar-refractivity contribution in [1.29, 1.82) is 0 Å². The first-order chi connectivity index (χ1) is 6.19. The first-order valence-corrected chi connectivity index (χ1v) is 4.61. The summed E-state index contributed by atoms with van der Waals surface area (Å²) in [6, 6.07) is 3.54. The highest BCUT2D eigenvalue weighted by molar-refractivity contribution is 9.10. The summed E-state index contributed by atoms with van der Waals surface area (Å²) < 4.78 is 0.923. The van der Waals surface area contributed by atoms with Crippen molar-refractivity contribution in [1.82, 2.24) is 0 Å². The lowest BCUT2D eigenvalue weighted by Gasteiger charge is -2.05. The highest BCUT2D eigenvalue weighted by atomic mass is 79.9. The van der Waals surface area contributed by atoms with Crippen LogP contribution in [0.15, 0.2) is 21.7 Å². The van der Waals surface area contributed by atoms with E-state index in [2.05, 4.69) is 26.0 Å². The Bertz CT molecular complexity index is 369. The molecule has 0 aliphatic carbocycles. The van der Waals surface area contributed by atoms with Gasteiger partial charge in [-0.05, 0) is 29.6 Å². The molecule has 0 spiro atoms. The monoisotopic (exact) mass is 240 g/mol. The molecule has 5 heteroatoms. The average molecular weight is 241 g/mol. The molecule has 0 saturated carbocycles. The smallest absolute Gasteiger partial charge is 0.0616 e. The van der Waals surface area contributed by atoms with Gasteiger partial charge in [0.2, 0.25) is 0 Å². The first-order valence-electron chi connectivity index (χ1n) is 3.82. The van der Waals surface area contributed by atoms with Crippen LogP contribution in [0.25, 0.3) is 10.4 Å². The van der Waals surface area contributed by atoms with Gasteiger partial charge in [0.25, 0.3) is 0 Å². The van der Waals surface area contributed by atoms with E-state index in [9.17, 15) is 0 Å². The molecule has 1 aromatic carbocycles. The number of rotatable bonds is 2. The molecule has 0 radical (unpaired) electrons. The summed E-state index contributed by atoms with van der Waals surface area (Å²) in [5, 5.41) is 3.47. The van der Waals surface area contributed by atoms with Crippen molar-refractivity contribution < 1.29 is 0 Å². The fourth-order valence-corrected chi connectivity index (χ4v) is 1.64. The zero-order valence-corrected chi connectivity index (χ0v) is 8.74. The normalized spacial score (nSPS) is 9.38. The molecule has 0 bridgehead atoms. The lowest BCUT2D eigenvalue weighted by molar-refractivity contribution is 1.13. The number of aryl methyl sites for hydroxylation is 1. The predicted octanol–water partition coefficient (Wildman–Crippen LogP) is 3.54. The quantitative estimate of drug-likeness (QED) is 0.365. The minimum Gasteiger partial charge on any atom is -0.398 e. The van der Waals surface area contributed by atoms with Crippen molar-refractivity contribution in [2.75, 3.05) is 5.73 Å². The molecule has 0 amide bonds. The summed E-state index contributed by atoms with van der Waals surface area (Å²) in [4.78, 5) is 2.69. The Balaban J connectivity index is 3.27.